The third-order valence-corrected chi connectivity index (χ3v) is 11.9. The number of hydrogen-bond acceptors (Lipinski definition) is 8. The van der Waals surface area contributed by atoms with Crippen molar-refractivity contribution >= 4 is 23.3 Å². The molecule has 9 atom stereocenters. The number of allylic oxidation sites excluding steroid dienone is 2. The van der Waals surface area contributed by atoms with E-state index in [1.54, 1.807) is 13.8 Å². The Morgan fingerprint density at radius 3 is 2.23 bits per heavy atom. The predicted octanol–water partition coefficient (Wildman–Crippen LogP) is 3.72. The van der Waals surface area contributed by atoms with Crippen LogP contribution in [0.15, 0.2) is 11.6 Å². The number of aliphatic hydroxyl groups is 3. The van der Waals surface area contributed by atoms with Crippen LogP contribution in [0.25, 0.3) is 0 Å². The lowest BCUT2D eigenvalue weighted by molar-refractivity contribution is -0.185. The van der Waals surface area contributed by atoms with Gasteiger partial charge in [-0.05, 0) is 83.0 Å². The van der Waals surface area contributed by atoms with Gasteiger partial charge in [0, 0.05) is 36.5 Å². The van der Waals surface area contributed by atoms with Crippen molar-refractivity contribution in [3.63, 3.8) is 0 Å². The average molecular weight is 561 g/mol. The number of carbonyl (C=O) groups is 4. The van der Waals surface area contributed by atoms with Crippen LogP contribution in [0.3, 0.4) is 0 Å². The summed E-state index contributed by atoms with van der Waals surface area (Å²) in [7, 11) is 0. The number of ether oxygens (including phenoxy) is 1. The summed E-state index contributed by atoms with van der Waals surface area (Å²) in [5.74, 6) is -2.52. The number of esters is 1. The molecule has 3 saturated carbocycles. The minimum Gasteiger partial charge on any atom is -0.460 e. The second-order valence-electron chi connectivity index (χ2n) is 15.1. The fourth-order valence-electron chi connectivity index (χ4n) is 9.68. The van der Waals surface area contributed by atoms with Gasteiger partial charge < -0.3 is 20.1 Å². The van der Waals surface area contributed by atoms with Gasteiger partial charge in [0.2, 0.25) is 0 Å². The summed E-state index contributed by atoms with van der Waals surface area (Å²) < 4.78 is 5.31. The van der Waals surface area contributed by atoms with Crippen molar-refractivity contribution in [3.05, 3.63) is 11.6 Å². The minimum absolute atomic E-state index is 0.0104. The van der Waals surface area contributed by atoms with E-state index in [1.807, 2.05) is 27.7 Å². The third-order valence-electron chi connectivity index (χ3n) is 11.9. The largest absolute Gasteiger partial charge is 0.460 e. The van der Waals surface area contributed by atoms with E-state index in [0.29, 0.717) is 12.8 Å². The van der Waals surface area contributed by atoms with Gasteiger partial charge in [0.25, 0.3) is 0 Å². The Morgan fingerprint density at radius 2 is 1.65 bits per heavy atom. The van der Waals surface area contributed by atoms with Crippen molar-refractivity contribution in [2.45, 2.75) is 124 Å². The molecule has 0 radical (unpaired) electrons. The molecule has 3 fully saturated rings. The van der Waals surface area contributed by atoms with E-state index in [2.05, 4.69) is 13.0 Å². The second-order valence-corrected chi connectivity index (χ2v) is 15.1. The van der Waals surface area contributed by atoms with Crippen LogP contribution >= 0.6 is 0 Å². The molecule has 4 aliphatic carbocycles. The average Bonchev–Trinajstić information content (AvgIpc) is 3.01. The fourth-order valence-corrected chi connectivity index (χ4v) is 9.68. The lowest BCUT2D eigenvalue weighted by Gasteiger charge is -2.64. The maximum Gasteiger partial charge on any atom is 0.303 e. The number of fused-ring (bicyclic) bond motifs is 5. The Kier molecular flexibility index (Phi) is 7.22. The van der Waals surface area contributed by atoms with Crippen LogP contribution in [0, 0.1) is 39.4 Å². The summed E-state index contributed by atoms with van der Waals surface area (Å²) in [4.78, 5) is 52.2. The summed E-state index contributed by atoms with van der Waals surface area (Å²) in [5, 5.41) is 34.1. The van der Waals surface area contributed by atoms with Gasteiger partial charge in [0.1, 0.15) is 23.1 Å². The Hall–Kier alpha value is -1.90. The molecular formula is C32H48O8. The zero-order valence-electron chi connectivity index (χ0n) is 25.6. The quantitative estimate of drug-likeness (QED) is 0.330. The molecule has 8 heteroatoms. The van der Waals surface area contributed by atoms with Gasteiger partial charge in [-0.25, -0.2) is 0 Å². The number of Topliss-reactive ketones (excluding diaryl/α,β-unsaturated/α-hetero) is 3. The molecule has 0 bridgehead atoms. The molecule has 4 rings (SSSR count). The van der Waals surface area contributed by atoms with Gasteiger partial charge in [0.05, 0.1) is 6.10 Å². The molecule has 0 spiro atoms. The number of aliphatic hydroxyl groups excluding tert-OH is 2. The molecule has 0 amide bonds. The lowest BCUT2D eigenvalue weighted by Crippen LogP contribution is -2.65. The van der Waals surface area contributed by atoms with Gasteiger partial charge >= 0.3 is 5.97 Å². The van der Waals surface area contributed by atoms with Crippen LogP contribution in [-0.2, 0) is 23.9 Å². The maximum atomic E-state index is 14.3. The molecule has 8 nitrogen and oxygen atoms in total. The molecular weight excluding hydrogens is 512 g/mol. The van der Waals surface area contributed by atoms with E-state index in [4.69, 9.17) is 4.74 Å². The smallest absolute Gasteiger partial charge is 0.303 e. The van der Waals surface area contributed by atoms with Crippen molar-refractivity contribution in [2.75, 3.05) is 0 Å². The van der Waals surface area contributed by atoms with Crippen molar-refractivity contribution in [1.29, 1.82) is 0 Å². The van der Waals surface area contributed by atoms with Crippen LogP contribution in [0.4, 0.5) is 0 Å². The summed E-state index contributed by atoms with van der Waals surface area (Å²) in [6.07, 6.45) is 1.23. The van der Waals surface area contributed by atoms with Crippen molar-refractivity contribution in [2.24, 2.45) is 39.4 Å². The first kappa shape index (κ1) is 31.0. The van der Waals surface area contributed by atoms with Crippen LogP contribution in [0.2, 0.25) is 0 Å². The van der Waals surface area contributed by atoms with Gasteiger partial charge in [-0.1, -0.05) is 32.4 Å². The summed E-state index contributed by atoms with van der Waals surface area (Å²) in [6, 6.07) is 0. The van der Waals surface area contributed by atoms with Gasteiger partial charge in [-0.3, -0.25) is 19.2 Å². The van der Waals surface area contributed by atoms with Gasteiger partial charge in [0.15, 0.2) is 11.6 Å². The third kappa shape index (κ3) is 4.18. The molecule has 0 unspecified atom stereocenters. The zero-order valence-corrected chi connectivity index (χ0v) is 25.6. The lowest BCUT2D eigenvalue weighted by atomic mass is 9.38. The molecule has 0 aromatic heterocycles. The molecule has 0 aromatic rings. The van der Waals surface area contributed by atoms with Gasteiger partial charge in [-0.2, -0.15) is 0 Å². The van der Waals surface area contributed by atoms with Crippen LogP contribution < -0.4 is 0 Å². The highest BCUT2D eigenvalue weighted by molar-refractivity contribution is 5.95. The summed E-state index contributed by atoms with van der Waals surface area (Å²) >= 11 is 0. The Bertz CT molecular complexity index is 1160. The number of hydrogen-bond donors (Lipinski definition) is 3. The topological polar surface area (TPSA) is 138 Å². The van der Waals surface area contributed by atoms with Crippen molar-refractivity contribution in [3.8, 4) is 0 Å². The number of rotatable bonds is 6. The second kappa shape index (κ2) is 9.30. The van der Waals surface area contributed by atoms with Crippen LogP contribution in [0.5, 0.6) is 0 Å². The summed E-state index contributed by atoms with van der Waals surface area (Å²) in [6.45, 7) is 15.8. The Morgan fingerprint density at radius 1 is 1.05 bits per heavy atom. The highest BCUT2D eigenvalue weighted by Gasteiger charge is 2.74. The van der Waals surface area contributed by atoms with Crippen molar-refractivity contribution < 1.29 is 39.2 Å². The monoisotopic (exact) mass is 560 g/mol. The molecule has 40 heavy (non-hydrogen) atoms. The normalized spacial score (nSPS) is 42.2. The first-order valence-corrected chi connectivity index (χ1v) is 14.7. The van der Waals surface area contributed by atoms with E-state index in [1.165, 1.54) is 13.8 Å². The van der Waals surface area contributed by atoms with Crippen molar-refractivity contribution in [1.82, 2.24) is 0 Å². The van der Waals surface area contributed by atoms with E-state index in [9.17, 15) is 34.5 Å². The zero-order chi connectivity index (χ0) is 30.4. The Balaban J connectivity index is 1.70. The molecule has 0 aliphatic heterocycles. The predicted molar refractivity (Wildman–Crippen MR) is 148 cm³/mol. The molecule has 0 saturated heterocycles. The Labute approximate surface area is 237 Å². The molecule has 3 N–H and O–H groups in total. The number of ketones is 3. The summed E-state index contributed by atoms with van der Waals surface area (Å²) in [5.41, 5.74) is -5.07. The molecule has 0 heterocycles. The highest BCUT2D eigenvalue weighted by atomic mass is 16.6. The first-order chi connectivity index (χ1) is 18.1. The molecule has 224 valence electrons. The molecule has 4 aliphatic rings. The van der Waals surface area contributed by atoms with Crippen LogP contribution in [0.1, 0.15) is 101 Å². The van der Waals surface area contributed by atoms with E-state index < -0.39 is 62.7 Å². The molecule has 0 aromatic carbocycles. The van der Waals surface area contributed by atoms with E-state index in [-0.39, 0.29) is 49.1 Å². The minimum atomic E-state index is -1.91. The van der Waals surface area contributed by atoms with E-state index in [0.717, 1.165) is 5.57 Å². The highest BCUT2D eigenvalue weighted by Crippen LogP contribution is 2.74. The van der Waals surface area contributed by atoms with Crippen LogP contribution in [-0.4, -0.2) is 62.0 Å². The fraction of sp³-hybridized carbons (Fsp3) is 0.812. The van der Waals surface area contributed by atoms with E-state index >= 15 is 0 Å². The number of carbonyl (C=O) groups excluding carboxylic acids is 4. The SMILES string of the molecule is CC(=O)OC(C)(C)CCC(=O)[C@@](C)(O)[C@H]1[C@H](O)C[C@@]2(C)[C@@H]3CC=C4[C@@H](C[C@H](O)C(=O)C4(C)C)[C@]3(C)C(=O)C[C@]12C. The standard InChI is InChI=1S/C32H48O8/c1-17(33)40-27(2,3)13-12-23(36)32(9,39)25-21(35)15-29(6)22-11-10-18-19(14-20(34)26(38)28(18,4)5)31(22,8)24(37)16-30(25,29)7/h10,19-22,25,34-35,39H,11-16H2,1-9H3/t19-,20+,21-,22+,25+,29+,30-,31+,32-/m1/s1. The van der Waals surface area contributed by atoms with Gasteiger partial charge in [-0.15, -0.1) is 0 Å². The first-order valence-electron chi connectivity index (χ1n) is 14.7. The maximum absolute atomic E-state index is 14.3.